The highest BCUT2D eigenvalue weighted by Crippen LogP contribution is 2.22. The molecule has 0 aromatic heterocycles. The van der Waals surface area contributed by atoms with Crippen molar-refractivity contribution < 1.29 is 19.1 Å². The summed E-state index contributed by atoms with van der Waals surface area (Å²) in [6, 6.07) is 5.81. The van der Waals surface area contributed by atoms with Crippen molar-refractivity contribution >= 4 is 17.8 Å². The molecular formula is C16H20N2O4. The Bertz CT molecular complexity index is 563. The van der Waals surface area contributed by atoms with Crippen LogP contribution in [0.15, 0.2) is 24.3 Å². The summed E-state index contributed by atoms with van der Waals surface area (Å²) in [5.74, 6) is -0.968. The summed E-state index contributed by atoms with van der Waals surface area (Å²) in [5, 5.41) is 0. The van der Waals surface area contributed by atoms with Crippen molar-refractivity contribution in [2.45, 2.75) is 26.3 Å². The van der Waals surface area contributed by atoms with E-state index in [9.17, 15) is 14.4 Å². The number of carbonyl (C=O) groups is 3. The third-order valence-electron chi connectivity index (χ3n) is 3.40. The number of imide groups is 1. The normalized spacial score (nSPS) is 15.2. The van der Waals surface area contributed by atoms with Crippen LogP contribution < -0.4 is 5.73 Å². The van der Waals surface area contributed by atoms with Crippen LogP contribution in [0.25, 0.3) is 0 Å². The van der Waals surface area contributed by atoms with Crippen LogP contribution in [0.2, 0.25) is 0 Å². The van der Waals surface area contributed by atoms with Crippen molar-refractivity contribution in [1.29, 1.82) is 0 Å². The average molecular weight is 304 g/mol. The van der Waals surface area contributed by atoms with E-state index in [4.69, 9.17) is 10.5 Å². The molecule has 118 valence electrons. The molecule has 0 bridgehead atoms. The van der Waals surface area contributed by atoms with E-state index >= 15 is 0 Å². The van der Waals surface area contributed by atoms with E-state index in [1.807, 2.05) is 13.8 Å². The minimum Gasteiger partial charge on any atom is -0.464 e. The first-order valence-corrected chi connectivity index (χ1v) is 7.29. The Balaban J connectivity index is 1.92. The second kappa shape index (κ2) is 6.70. The zero-order valence-corrected chi connectivity index (χ0v) is 12.7. The Kier molecular flexibility index (Phi) is 4.92. The highest BCUT2D eigenvalue weighted by atomic mass is 16.5. The monoisotopic (exact) mass is 304 g/mol. The fourth-order valence-corrected chi connectivity index (χ4v) is 2.18. The number of carbonyl (C=O) groups excluding carboxylic acids is 3. The van der Waals surface area contributed by atoms with Crippen LogP contribution in [-0.2, 0) is 9.53 Å². The van der Waals surface area contributed by atoms with Gasteiger partial charge in [-0.25, -0.2) is 0 Å². The molecule has 6 nitrogen and oxygen atoms in total. The van der Waals surface area contributed by atoms with E-state index in [0.717, 1.165) is 4.90 Å². The second-order valence-electron chi connectivity index (χ2n) is 5.73. The standard InChI is InChI=1S/C16H20N2O4/c1-10(2)9-22-16(21)13(17)7-8-18-14(19)11-5-3-4-6-12(11)15(18)20/h3-6,10,13H,7-9,17H2,1-2H3. The molecule has 22 heavy (non-hydrogen) atoms. The van der Waals surface area contributed by atoms with E-state index in [2.05, 4.69) is 0 Å². The molecule has 0 aliphatic carbocycles. The number of amides is 2. The molecule has 2 rings (SSSR count). The predicted octanol–water partition coefficient (Wildman–Crippen LogP) is 1.20. The topological polar surface area (TPSA) is 89.7 Å². The van der Waals surface area contributed by atoms with Gasteiger partial charge in [0.25, 0.3) is 11.8 Å². The Hall–Kier alpha value is -2.21. The molecule has 0 spiro atoms. The summed E-state index contributed by atoms with van der Waals surface area (Å²) < 4.78 is 5.04. The van der Waals surface area contributed by atoms with Crippen molar-refractivity contribution in [1.82, 2.24) is 4.90 Å². The first-order valence-electron chi connectivity index (χ1n) is 7.29. The number of hydrogen-bond acceptors (Lipinski definition) is 5. The van der Waals surface area contributed by atoms with Crippen molar-refractivity contribution in [2.75, 3.05) is 13.2 Å². The van der Waals surface area contributed by atoms with Crippen LogP contribution >= 0.6 is 0 Å². The Morgan fingerprint density at radius 2 is 1.73 bits per heavy atom. The average Bonchev–Trinajstić information content (AvgIpc) is 2.74. The summed E-state index contributed by atoms with van der Waals surface area (Å²) in [6.45, 7) is 4.26. The number of ether oxygens (including phenoxy) is 1. The van der Waals surface area contributed by atoms with Crippen molar-refractivity contribution in [2.24, 2.45) is 11.7 Å². The van der Waals surface area contributed by atoms with Crippen LogP contribution in [0.5, 0.6) is 0 Å². The van der Waals surface area contributed by atoms with Gasteiger partial charge in [-0.1, -0.05) is 26.0 Å². The van der Waals surface area contributed by atoms with Gasteiger partial charge < -0.3 is 10.5 Å². The molecule has 6 heteroatoms. The van der Waals surface area contributed by atoms with Gasteiger partial charge in [0.1, 0.15) is 6.04 Å². The van der Waals surface area contributed by atoms with Gasteiger partial charge in [0, 0.05) is 6.54 Å². The highest BCUT2D eigenvalue weighted by molar-refractivity contribution is 6.21. The Morgan fingerprint density at radius 3 is 2.23 bits per heavy atom. The fraction of sp³-hybridized carbons (Fsp3) is 0.438. The molecule has 1 aliphatic heterocycles. The van der Waals surface area contributed by atoms with Crippen LogP contribution in [-0.4, -0.2) is 41.9 Å². The van der Waals surface area contributed by atoms with Gasteiger partial charge >= 0.3 is 5.97 Å². The molecule has 2 N–H and O–H groups in total. The zero-order valence-electron chi connectivity index (χ0n) is 12.7. The SMILES string of the molecule is CC(C)COC(=O)C(N)CCN1C(=O)c2ccccc2C1=O. The number of nitrogens with zero attached hydrogens (tertiary/aromatic N) is 1. The van der Waals surface area contributed by atoms with Gasteiger partial charge in [0.15, 0.2) is 0 Å². The smallest absolute Gasteiger partial charge is 0.322 e. The summed E-state index contributed by atoms with van der Waals surface area (Å²) >= 11 is 0. The number of nitrogens with two attached hydrogens (primary N) is 1. The van der Waals surface area contributed by atoms with Crippen molar-refractivity contribution in [3.63, 3.8) is 0 Å². The van der Waals surface area contributed by atoms with Gasteiger partial charge in [-0.2, -0.15) is 0 Å². The van der Waals surface area contributed by atoms with E-state index < -0.39 is 12.0 Å². The Morgan fingerprint density at radius 1 is 1.18 bits per heavy atom. The lowest BCUT2D eigenvalue weighted by molar-refractivity contribution is -0.146. The molecule has 0 radical (unpaired) electrons. The van der Waals surface area contributed by atoms with E-state index in [-0.39, 0.29) is 30.7 Å². The lowest BCUT2D eigenvalue weighted by atomic mass is 10.1. The third kappa shape index (κ3) is 3.33. The number of hydrogen-bond donors (Lipinski definition) is 1. The number of benzene rings is 1. The fourth-order valence-electron chi connectivity index (χ4n) is 2.18. The van der Waals surface area contributed by atoms with E-state index in [1.54, 1.807) is 24.3 Å². The van der Waals surface area contributed by atoms with Gasteiger partial charge in [0.2, 0.25) is 0 Å². The molecular weight excluding hydrogens is 284 g/mol. The Labute approximate surface area is 129 Å². The molecule has 0 saturated heterocycles. The number of fused-ring (bicyclic) bond motifs is 1. The molecule has 1 aliphatic rings. The summed E-state index contributed by atoms with van der Waals surface area (Å²) in [6.07, 6.45) is 0.183. The molecule has 1 unspecified atom stereocenters. The van der Waals surface area contributed by atoms with Gasteiger partial charge in [-0.05, 0) is 24.5 Å². The van der Waals surface area contributed by atoms with Crippen molar-refractivity contribution in [3.8, 4) is 0 Å². The van der Waals surface area contributed by atoms with Crippen LogP contribution in [0.3, 0.4) is 0 Å². The minimum absolute atomic E-state index is 0.101. The minimum atomic E-state index is -0.844. The molecule has 1 atom stereocenters. The summed E-state index contributed by atoms with van der Waals surface area (Å²) in [4.78, 5) is 37.1. The lowest BCUT2D eigenvalue weighted by Gasteiger charge is -2.17. The molecule has 0 saturated carbocycles. The van der Waals surface area contributed by atoms with E-state index in [1.165, 1.54) is 0 Å². The quantitative estimate of drug-likeness (QED) is 0.630. The lowest BCUT2D eigenvalue weighted by Crippen LogP contribution is -2.39. The van der Waals surface area contributed by atoms with Gasteiger partial charge in [0.05, 0.1) is 17.7 Å². The zero-order chi connectivity index (χ0) is 16.3. The van der Waals surface area contributed by atoms with Crippen LogP contribution in [0.4, 0.5) is 0 Å². The van der Waals surface area contributed by atoms with Crippen LogP contribution in [0, 0.1) is 5.92 Å². The maximum atomic E-state index is 12.2. The third-order valence-corrected chi connectivity index (χ3v) is 3.40. The highest BCUT2D eigenvalue weighted by Gasteiger charge is 2.35. The number of esters is 1. The molecule has 0 fully saturated rings. The maximum Gasteiger partial charge on any atom is 0.322 e. The summed E-state index contributed by atoms with van der Waals surface area (Å²) in [7, 11) is 0. The molecule has 1 aromatic rings. The molecule has 2 amide bonds. The van der Waals surface area contributed by atoms with Crippen molar-refractivity contribution in [3.05, 3.63) is 35.4 Å². The summed E-state index contributed by atoms with van der Waals surface area (Å²) in [5.41, 5.74) is 6.54. The van der Waals surface area contributed by atoms with Crippen LogP contribution in [0.1, 0.15) is 41.0 Å². The van der Waals surface area contributed by atoms with Gasteiger partial charge in [-0.3, -0.25) is 19.3 Å². The molecule has 1 aromatic carbocycles. The first-order chi connectivity index (χ1) is 10.4. The first kappa shape index (κ1) is 16.2. The maximum absolute atomic E-state index is 12.2. The largest absolute Gasteiger partial charge is 0.464 e. The second-order valence-corrected chi connectivity index (χ2v) is 5.73. The van der Waals surface area contributed by atoms with E-state index in [0.29, 0.717) is 17.7 Å². The molecule has 1 heterocycles. The predicted molar refractivity (Wildman–Crippen MR) is 80.2 cm³/mol. The van der Waals surface area contributed by atoms with Gasteiger partial charge in [-0.15, -0.1) is 0 Å². The number of rotatable bonds is 6.